The molecule has 0 aliphatic heterocycles. The maximum Gasteiger partial charge on any atom is 0.244 e. The van der Waals surface area contributed by atoms with Gasteiger partial charge in [0.1, 0.15) is 6.54 Å². The molecule has 0 radical (unpaired) electrons. The van der Waals surface area contributed by atoms with E-state index in [1.54, 1.807) is 4.90 Å². The molecule has 1 atom stereocenters. The number of carbonyl (C=O) groups is 1. The maximum absolute atomic E-state index is 12.5. The Hall–Kier alpha value is -2.44. The highest BCUT2D eigenvalue weighted by Crippen LogP contribution is 2.64. The average Bonchev–Trinajstić information content (AvgIpc) is 2.85. The van der Waals surface area contributed by atoms with Crippen LogP contribution in [-0.2, 0) is 16.8 Å². The van der Waals surface area contributed by atoms with Crippen LogP contribution in [0.15, 0.2) is 30.3 Å². The number of carbonyl (C=O) groups excluding carboxylic acids is 1. The third-order valence-corrected chi connectivity index (χ3v) is 5.02. The zero-order chi connectivity index (χ0) is 16.7. The van der Waals surface area contributed by atoms with Crippen molar-refractivity contribution < 1.29 is 4.79 Å². The Balaban J connectivity index is 1.74. The first-order valence-electron chi connectivity index (χ1n) is 7.67. The minimum absolute atomic E-state index is 0.00479. The molecule has 2 aromatic rings. The number of likely N-dealkylation sites (N-methyl/N-ethyl adjacent to an activating group) is 1. The van der Waals surface area contributed by atoms with Crippen LogP contribution in [0.5, 0.6) is 0 Å². The first kappa shape index (κ1) is 15.5. The fourth-order valence-corrected chi connectivity index (χ4v) is 3.39. The van der Waals surface area contributed by atoms with Crippen LogP contribution < -0.4 is 5.73 Å². The summed E-state index contributed by atoms with van der Waals surface area (Å²) in [7, 11) is 1.82. The number of amides is 1. The molecule has 0 bridgehead atoms. The SMILES string of the molecule is CN(C[C@@]1(c2ccccc2)CC1(C)C)C(=O)Cn1nnnc1N. The minimum atomic E-state index is -0.0537. The largest absolute Gasteiger partial charge is 0.367 e. The second kappa shape index (κ2) is 5.33. The summed E-state index contributed by atoms with van der Waals surface area (Å²) in [5.41, 5.74) is 7.08. The fourth-order valence-electron chi connectivity index (χ4n) is 3.39. The third kappa shape index (κ3) is 2.67. The van der Waals surface area contributed by atoms with Crippen molar-refractivity contribution in [3.8, 4) is 0 Å². The van der Waals surface area contributed by atoms with Crippen LogP contribution in [0, 0.1) is 5.41 Å². The van der Waals surface area contributed by atoms with Crippen molar-refractivity contribution in [3.63, 3.8) is 0 Å². The van der Waals surface area contributed by atoms with Gasteiger partial charge in [0.2, 0.25) is 11.9 Å². The van der Waals surface area contributed by atoms with E-state index in [0.717, 1.165) is 6.42 Å². The first-order chi connectivity index (χ1) is 10.9. The molecule has 1 amide bonds. The van der Waals surface area contributed by atoms with Gasteiger partial charge in [-0.1, -0.05) is 49.3 Å². The van der Waals surface area contributed by atoms with Crippen molar-refractivity contribution in [2.45, 2.75) is 32.2 Å². The molecule has 122 valence electrons. The number of aromatic nitrogens is 4. The zero-order valence-electron chi connectivity index (χ0n) is 13.7. The Kier molecular flexibility index (Phi) is 3.58. The minimum Gasteiger partial charge on any atom is -0.367 e. The molecule has 23 heavy (non-hydrogen) atoms. The van der Waals surface area contributed by atoms with Gasteiger partial charge in [-0.2, -0.15) is 0 Å². The monoisotopic (exact) mass is 314 g/mol. The molecule has 1 saturated carbocycles. The molecule has 1 fully saturated rings. The van der Waals surface area contributed by atoms with Crippen molar-refractivity contribution in [2.75, 3.05) is 19.3 Å². The van der Waals surface area contributed by atoms with Crippen LogP contribution in [0.3, 0.4) is 0 Å². The van der Waals surface area contributed by atoms with Gasteiger partial charge < -0.3 is 10.6 Å². The second-order valence-electron chi connectivity index (χ2n) is 6.95. The molecule has 7 heteroatoms. The van der Waals surface area contributed by atoms with Gasteiger partial charge in [0, 0.05) is 19.0 Å². The number of benzene rings is 1. The molecule has 1 aromatic carbocycles. The molecule has 7 nitrogen and oxygen atoms in total. The summed E-state index contributed by atoms with van der Waals surface area (Å²) in [6.45, 7) is 5.22. The van der Waals surface area contributed by atoms with E-state index in [-0.39, 0.29) is 29.2 Å². The van der Waals surface area contributed by atoms with Crippen LogP contribution in [-0.4, -0.2) is 44.6 Å². The van der Waals surface area contributed by atoms with Gasteiger partial charge in [-0.05, 0) is 27.8 Å². The molecule has 0 spiro atoms. The van der Waals surface area contributed by atoms with Crippen LogP contribution in [0.25, 0.3) is 0 Å². The molecule has 1 aliphatic carbocycles. The Labute approximate surface area is 135 Å². The standard InChI is InChI=1S/C16H22N6O/c1-15(2)10-16(15,12-7-5-4-6-8-12)11-21(3)13(23)9-22-14(17)18-19-20-22/h4-8H,9-11H2,1-3H3,(H2,17,18,20)/t16-/m1/s1. The van der Waals surface area contributed by atoms with Crippen LogP contribution in [0.4, 0.5) is 5.95 Å². The highest BCUT2D eigenvalue weighted by Gasteiger charge is 2.62. The van der Waals surface area contributed by atoms with E-state index in [9.17, 15) is 4.79 Å². The van der Waals surface area contributed by atoms with Crippen molar-refractivity contribution in [1.29, 1.82) is 0 Å². The summed E-state index contributed by atoms with van der Waals surface area (Å²) in [4.78, 5) is 14.2. The molecular weight excluding hydrogens is 292 g/mol. The molecule has 1 aromatic heterocycles. The van der Waals surface area contributed by atoms with Crippen molar-refractivity contribution in [2.24, 2.45) is 5.41 Å². The van der Waals surface area contributed by atoms with Gasteiger partial charge in [-0.25, -0.2) is 4.68 Å². The molecule has 1 aliphatic rings. The number of nitrogen functional groups attached to an aromatic ring is 1. The number of tetrazole rings is 1. The van der Waals surface area contributed by atoms with E-state index in [0.29, 0.717) is 6.54 Å². The van der Waals surface area contributed by atoms with Gasteiger partial charge in [-0.3, -0.25) is 4.79 Å². The predicted octanol–water partition coefficient (Wildman–Crippen LogP) is 1.08. The lowest BCUT2D eigenvalue weighted by Crippen LogP contribution is -2.38. The van der Waals surface area contributed by atoms with Crippen LogP contribution >= 0.6 is 0 Å². The zero-order valence-corrected chi connectivity index (χ0v) is 13.7. The Morgan fingerprint density at radius 3 is 2.52 bits per heavy atom. The Morgan fingerprint density at radius 1 is 1.35 bits per heavy atom. The summed E-state index contributed by atoms with van der Waals surface area (Å²) < 4.78 is 1.31. The summed E-state index contributed by atoms with van der Waals surface area (Å²) in [5.74, 6) is 0.0956. The number of hydrogen-bond acceptors (Lipinski definition) is 5. The molecular formula is C16H22N6O. The number of nitrogens with two attached hydrogens (primary N) is 1. The van der Waals surface area contributed by atoms with Crippen molar-refractivity contribution in [1.82, 2.24) is 25.1 Å². The van der Waals surface area contributed by atoms with E-state index in [1.807, 2.05) is 13.1 Å². The molecule has 0 unspecified atom stereocenters. The highest BCUT2D eigenvalue weighted by molar-refractivity contribution is 5.76. The third-order valence-electron chi connectivity index (χ3n) is 5.02. The number of hydrogen-bond donors (Lipinski definition) is 1. The quantitative estimate of drug-likeness (QED) is 0.892. The van der Waals surface area contributed by atoms with E-state index in [2.05, 4.69) is 53.6 Å². The summed E-state index contributed by atoms with van der Waals surface area (Å²) in [6, 6.07) is 10.4. The number of rotatable bonds is 5. The lowest BCUT2D eigenvalue weighted by molar-refractivity contribution is -0.131. The maximum atomic E-state index is 12.5. The molecule has 0 saturated heterocycles. The van der Waals surface area contributed by atoms with E-state index in [1.165, 1.54) is 10.2 Å². The fraction of sp³-hybridized carbons (Fsp3) is 0.500. The van der Waals surface area contributed by atoms with Crippen LogP contribution in [0.2, 0.25) is 0 Å². The summed E-state index contributed by atoms with van der Waals surface area (Å²) in [5, 5.41) is 10.8. The van der Waals surface area contributed by atoms with Crippen molar-refractivity contribution >= 4 is 11.9 Å². The number of nitrogens with zero attached hydrogens (tertiary/aromatic N) is 5. The summed E-state index contributed by atoms with van der Waals surface area (Å²) in [6.07, 6.45) is 1.06. The van der Waals surface area contributed by atoms with Gasteiger partial charge in [0.05, 0.1) is 0 Å². The van der Waals surface area contributed by atoms with E-state index >= 15 is 0 Å². The number of anilines is 1. The van der Waals surface area contributed by atoms with Gasteiger partial charge in [0.25, 0.3) is 0 Å². The molecule has 2 N–H and O–H groups in total. The Bertz CT molecular complexity index is 710. The predicted molar refractivity (Wildman–Crippen MR) is 86.4 cm³/mol. The second-order valence-corrected chi connectivity index (χ2v) is 6.95. The van der Waals surface area contributed by atoms with E-state index < -0.39 is 0 Å². The topological polar surface area (TPSA) is 89.9 Å². The lowest BCUT2D eigenvalue weighted by atomic mass is 9.87. The smallest absolute Gasteiger partial charge is 0.244 e. The van der Waals surface area contributed by atoms with E-state index in [4.69, 9.17) is 5.73 Å². The Morgan fingerprint density at radius 2 is 2.00 bits per heavy atom. The first-order valence-corrected chi connectivity index (χ1v) is 7.67. The van der Waals surface area contributed by atoms with Crippen LogP contribution in [0.1, 0.15) is 25.8 Å². The highest BCUT2D eigenvalue weighted by atomic mass is 16.2. The van der Waals surface area contributed by atoms with Crippen molar-refractivity contribution in [3.05, 3.63) is 35.9 Å². The lowest BCUT2D eigenvalue weighted by Gasteiger charge is -2.27. The van der Waals surface area contributed by atoms with Gasteiger partial charge >= 0.3 is 0 Å². The van der Waals surface area contributed by atoms with Gasteiger partial charge in [-0.15, -0.1) is 0 Å². The molecule has 1 heterocycles. The summed E-state index contributed by atoms with van der Waals surface area (Å²) >= 11 is 0. The average molecular weight is 314 g/mol. The molecule has 3 rings (SSSR count). The van der Waals surface area contributed by atoms with Gasteiger partial charge in [0.15, 0.2) is 0 Å². The normalized spacial score (nSPS) is 21.9.